The van der Waals surface area contributed by atoms with Gasteiger partial charge < -0.3 is 24.6 Å². The molecule has 1 aromatic heterocycles. The van der Waals surface area contributed by atoms with Crippen LogP contribution in [0.2, 0.25) is 0 Å². The molecule has 2 aliphatic rings. The molecule has 2 aliphatic heterocycles. The second-order valence-electron chi connectivity index (χ2n) is 7.93. The molecule has 1 amide bonds. The molecule has 9 heteroatoms. The molecule has 172 valence electrons. The number of carbonyl (C=O) groups excluding carboxylic acids is 1. The number of piperazine rings is 1. The number of aliphatic imine (C=N–C) groups is 1. The van der Waals surface area contributed by atoms with E-state index >= 15 is 0 Å². The van der Waals surface area contributed by atoms with Crippen LogP contribution < -0.4 is 10.1 Å². The molecular weight excluding hydrogens is 408 g/mol. The predicted octanol–water partition coefficient (Wildman–Crippen LogP) is 1.67. The van der Waals surface area contributed by atoms with Crippen molar-refractivity contribution in [1.29, 1.82) is 0 Å². The first-order valence-electron chi connectivity index (χ1n) is 11.3. The molecule has 1 unspecified atom stereocenters. The van der Waals surface area contributed by atoms with Gasteiger partial charge in [-0.05, 0) is 50.1 Å². The first kappa shape index (κ1) is 22.1. The Morgan fingerprint density at radius 3 is 2.59 bits per heavy atom. The molecule has 0 spiro atoms. The van der Waals surface area contributed by atoms with E-state index in [1.807, 2.05) is 46.1 Å². The Kier molecular flexibility index (Phi) is 7.26. The zero-order chi connectivity index (χ0) is 22.3. The van der Waals surface area contributed by atoms with Crippen LogP contribution in [-0.4, -0.2) is 84.0 Å². The highest BCUT2D eigenvalue weighted by atomic mass is 16.5. The van der Waals surface area contributed by atoms with E-state index < -0.39 is 0 Å². The van der Waals surface area contributed by atoms with Crippen LogP contribution in [0, 0.1) is 0 Å². The molecule has 2 fully saturated rings. The Labute approximate surface area is 189 Å². The summed E-state index contributed by atoms with van der Waals surface area (Å²) in [7, 11) is 1.66. The number of carbonyl (C=O) groups is 1. The number of benzene rings is 1. The fraction of sp³-hybridized carbons (Fsp3) is 0.522. The number of ether oxygens (including phenoxy) is 2. The highest BCUT2D eigenvalue weighted by Gasteiger charge is 2.30. The molecule has 9 nitrogen and oxygen atoms in total. The van der Waals surface area contributed by atoms with Crippen LogP contribution in [0.3, 0.4) is 0 Å². The second kappa shape index (κ2) is 10.5. The third-order valence-electron chi connectivity index (χ3n) is 5.80. The third kappa shape index (κ3) is 5.21. The van der Waals surface area contributed by atoms with E-state index in [2.05, 4.69) is 22.2 Å². The lowest BCUT2D eigenvalue weighted by Crippen LogP contribution is -2.55. The first-order valence-corrected chi connectivity index (χ1v) is 11.3. The minimum absolute atomic E-state index is 0.133. The number of hydrogen-bond donors (Lipinski definition) is 1. The van der Waals surface area contributed by atoms with Gasteiger partial charge in [-0.2, -0.15) is 5.10 Å². The number of methoxy groups -OCH3 is 1. The third-order valence-corrected chi connectivity index (χ3v) is 5.80. The number of hydrogen-bond acceptors (Lipinski definition) is 5. The van der Waals surface area contributed by atoms with Crippen molar-refractivity contribution in [3.05, 3.63) is 42.2 Å². The van der Waals surface area contributed by atoms with Crippen LogP contribution in [0.15, 0.2) is 41.5 Å². The van der Waals surface area contributed by atoms with E-state index in [9.17, 15) is 4.79 Å². The fourth-order valence-corrected chi connectivity index (χ4v) is 4.02. The first-order chi connectivity index (χ1) is 15.7. The van der Waals surface area contributed by atoms with Crippen LogP contribution in [-0.2, 0) is 16.1 Å². The monoisotopic (exact) mass is 440 g/mol. The van der Waals surface area contributed by atoms with Crippen molar-refractivity contribution >= 4 is 11.9 Å². The van der Waals surface area contributed by atoms with Crippen molar-refractivity contribution in [2.75, 3.05) is 46.4 Å². The average Bonchev–Trinajstić information content (AvgIpc) is 3.54. The minimum atomic E-state index is -0.246. The van der Waals surface area contributed by atoms with E-state index in [1.165, 1.54) is 0 Å². The van der Waals surface area contributed by atoms with Gasteiger partial charge in [-0.25, -0.2) is 9.67 Å². The topological polar surface area (TPSA) is 84.2 Å². The quantitative estimate of drug-likeness (QED) is 0.543. The molecule has 1 aromatic carbocycles. The largest absolute Gasteiger partial charge is 0.497 e. The highest BCUT2D eigenvalue weighted by Crippen LogP contribution is 2.17. The zero-order valence-corrected chi connectivity index (χ0v) is 18.9. The molecule has 1 N–H and O–H groups in total. The standard InChI is InChI=1S/C23H32N6O3/c1-3-24-23(28-14-12-27(13-15-28)22(30)21-5-4-16-32-21)25-17-18-10-11-29(26-18)19-6-8-20(31-2)9-7-19/h6-11,21H,3-5,12-17H2,1-2H3,(H,24,25). The van der Waals surface area contributed by atoms with Gasteiger partial charge in [0.1, 0.15) is 11.9 Å². The number of nitrogens with zero attached hydrogens (tertiary/aromatic N) is 5. The summed E-state index contributed by atoms with van der Waals surface area (Å²) in [6, 6.07) is 9.76. The summed E-state index contributed by atoms with van der Waals surface area (Å²) in [5.41, 5.74) is 1.86. The molecule has 0 aliphatic carbocycles. The summed E-state index contributed by atoms with van der Waals surface area (Å²) < 4.78 is 12.6. The van der Waals surface area contributed by atoms with Crippen LogP contribution >= 0.6 is 0 Å². The van der Waals surface area contributed by atoms with Gasteiger partial charge in [0.15, 0.2) is 5.96 Å². The maximum Gasteiger partial charge on any atom is 0.251 e. The number of rotatable bonds is 6. The van der Waals surface area contributed by atoms with E-state index in [1.54, 1.807) is 7.11 Å². The Bertz CT molecular complexity index is 912. The van der Waals surface area contributed by atoms with Crippen molar-refractivity contribution in [1.82, 2.24) is 24.9 Å². The van der Waals surface area contributed by atoms with E-state index in [0.717, 1.165) is 55.6 Å². The molecule has 0 bridgehead atoms. The number of guanidine groups is 1. The molecule has 32 heavy (non-hydrogen) atoms. The highest BCUT2D eigenvalue weighted by molar-refractivity contribution is 5.82. The maximum atomic E-state index is 12.6. The van der Waals surface area contributed by atoms with Gasteiger partial charge in [-0.1, -0.05) is 0 Å². The van der Waals surface area contributed by atoms with Crippen molar-refractivity contribution in [2.45, 2.75) is 32.4 Å². The van der Waals surface area contributed by atoms with Crippen molar-refractivity contribution in [3.8, 4) is 11.4 Å². The van der Waals surface area contributed by atoms with E-state index in [0.29, 0.717) is 26.2 Å². The second-order valence-corrected chi connectivity index (χ2v) is 7.93. The Morgan fingerprint density at radius 2 is 1.94 bits per heavy atom. The maximum absolute atomic E-state index is 12.6. The molecule has 3 heterocycles. The number of amides is 1. The zero-order valence-electron chi connectivity index (χ0n) is 18.9. The van der Waals surface area contributed by atoms with Gasteiger partial charge in [0.25, 0.3) is 5.91 Å². The predicted molar refractivity (Wildman–Crippen MR) is 122 cm³/mol. The van der Waals surface area contributed by atoms with Crippen molar-refractivity contribution in [2.24, 2.45) is 4.99 Å². The summed E-state index contributed by atoms with van der Waals surface area (Å²) >= 11 is 0. The Morgan fingerprint density at radius 1 is 1.19 bits per heavy atom. The lowest BCUT2D eigenvalue weighted by Gasteiger charge is -2.37. The van der Waals surface area contributed by atoms with Crippen molar-refractivity contribution < 1.29 is 14.3 Å². The van der Waals surface area contributed by atoms with E-state index in [4.69, 9.17) is 14.5 Å². The SMILES string of the molecule is CCNC(=NCc1ccn(-c2ccc(OC)cc2)n1)N1CCN(C(=O)C2CCCO2)CC1. The summed E-state index contributed by atoms with van der Waals surface area (Å²) in [6.07, 6.45) is 3.51. The summed E-state index contributed by atoms with van der Waals surface area (Å²) in [5.74, 6) is 1.81. The van der Waals surface area contributed by atoms with Gasteiger partial charge in [0.05, 0.1) is 25.0 Å². The number of nitrogens with one attached hydrogen (secondary N) is 1. The van der Waals surface area contributed by atoms with Gasteiger partial charge in [0, 0.05) is 45.5 Å². The van der Waals surface area contributed by atoms with E-state index in [-0.39, 0.29) is 12.0 Å². The Balaban J connectivity index is 1.35. The van der Waals surface area contributed by atoms with Crippen LogP contribution in [0.25, 0.3) is 5.69 Å². The minimum Gasteiger partial charge on any atom is -0.497 e. The fourth-order valence-electron chi connectivity index (χ4n) is 4.02. The van der Waals surface area contributed by atoms with Crippen LogP contribution in [0.1, 0.15) is 25.5 Å². The summed E-state index contributed by atoms with van der Waals surface area (Å²) in [6.45, 7) is 6.92. The molecule has 0 saturated carbocycles. The molecule has 2 aromatic rings. The smallest absolute Gasteiger partial charge is 0.251 e. The molecular formula is C23H32N6O3. The summed E-state index contributed by atoms with van der Waals surface area (Å²) in [5, 5.41) is 8.02. The van der Waals surface area contributed by atoms with Gasteiger partial charge in [0.2, 0.25) is 0 Å². The molecule has 4 rings (SSSR count). The molecule has 0 radical (unpaired) electrons. The van der Waals surface area contributed by atoms with Crippen LogP contribution in [0.5, 0.6) is 5.75 Å². The van der Waals surface area contributed by atoms with Gasteiger partial charge in [-0.15, -0.1) is 0 Å². The van der Waals surface area contributed by atoms with Crippen LogP contribution in [0.4, 0.5) is 0 Å². The summed E-state index contributed by atoms with van der Waals surface area (Å²) in [4.78, 5) is 21.5. The molecule has 1 atom stereocenters. The van der Waals surface area contributed by atoms with Gasteiger partial charge >= 0.3 is 0 Å². The Hall–Kier alpha value is -3.07. The van der Waals surface area contributed by atoms with Gasteiger partial charge in [-0.3, -0.25) is 4.79 Å². The van der Waals surface area contributed by atoms with Crippen molar-refractivity contribution in [3.63, 3.8) is 0 Å². The average molecular weight is 441 g/mol. The molecule has 2 saturated heterocycles. The lowest BCUT2D eigenvalue weighted by atomic mass is 10.2. The number of aromatic nitrogens is 2. The normalized spacial score (nSPS) is 19.3. The lowest BCUT2D eigenvalue weighted by molar-refractivity contribution is -0.142.